The Labute approximate surface area is 247 Å². The second kappa shape index (κ2) is 11.2. The van der Waals surface area contributed by atoms with Gasteiger partial charge < -0.3 is 15.0 Å². The predicted octanol–water partition coefficient (Wildman–Crippen LogP) is 4.74. The fraction of sp³-hybridized carbons (Fsp3) is 0.433. The van der Waals surface area contributed by atoms with Crippen LogP contribution in [0, 0.1) is 19.3 Å². The number of carbonyl (C=O) groups is 1. The zero-order valence-corrected chi connectivity index (χ0v) is 25.1. The molecule has 6 rings (SSSR count). The monoisotopic (exact) mass is 597 g/mol. The number of halogens is 1. The lowest BCUT2D eigenvalue weighted by Crippen LogP contribution is -2.57. The SMILES string of the molecule is Cc1cccc(C)c1-c1cc2nc(n1)NS(=O)(=O)c1cccc(c1)C(=O)N(C1CC3(CCNCC3)C1)C[C@@H](C)O2.Cl. The summed E-state index contributed by atoms with van der Waals surface area (Å²) >= 11 is 0. The molecule has 0 radical (unpaired) electrons. The van der Waals surface area contributed by atoms with Crippen molar-refractivity contribution in [1.82, 2.24) is 20.2 Å². The van der Waals surface area contributed by atoms with Gasteiger partial charge in [-0.05, 0) is 94.3 Å². The zero-order valence-electron chi connectivity index (χ0n) is 23.5. The zero-order chi connectivity index (χ0) is 28.1. The fourth-order valence-corrected chi connectivity index (χ4v) is 7.45. The van der Waals surface area contributed by atoms with Gasteiger partial charge in [-0.25, -0.2) is 18.1 Å². The summed E-state index contributed by atoms with van der Waals surface area (Å²) in [5, 5.41) is 3.43. The van der Waals surface area contributed by atoms with Crippen LogP contribution in [-0.4, -0.2) is 61.0 Å². The smallest absolute Gasteiger partial charge is 0.264 e. The lowest BCUT2D eigenvalue weighted by atomic mass is 9.60. The van der Waals surface area contributed by atoms with Crippen molar-refractivity contribution in [2.45, 2.75) is 63.5 Å². The molecule has 1 amide bonds. The first kappa shape index (κ1) is 29.3. The van der Waals surface area contributed by atoms with Crippen LogP contribution >= 0.6 is 12.4 Å². The second-order valence-electron chi connectivity index (χ2n) is 11.5. The Morgan fingerprint density at radius 1 is 1.00 bits per heavy atom. The molecule has 11 heteroatoms. The molecule has 2 fully saturated rings. The molecule has 1 aromatic heterocycles. The first-order valence-electron chi connectivity index (χ1n) is 13.9. The van der Waals surface area contributed by atoms with Crippen molar-refractivity contribution in [3.63, 3.8) is 0 Å². The maximum atomic E-state index is 13.9. The Hall–Kier alpha value is -3.21. The molecule has 1 spiro atoms. The maximum Gasteiger partial charge on any atom is 0.264 e. The molecule has 3 aromatic rings. The van der Waals surface area contributed by atoms with Crippen LogP contribution in [0.1, 0.15) is 54.1 Å². The molecule has 9 nitrogen and oxygen atoms in total. The molecule has 41 heavy (non-hydrogen) atoms. The van der Waals surface area contributed by atoms with Crippen LogP contribution in [0.2, 0.25) is 0 Å². The average Bonchev–Trinajstić information content (AvgIpc) is 2.90. The minimum atomic E-state index is -4.07. The molecule has 1 aliphatic carbocycles. The number of hydrogen-bond donors (Lipinski definition) is 2. The quantitative estimate of drug-likeness (QED) is 0.439. The summed E-state index contributed by atoms with van der Waals surface area (Å²) in [5.74, 6) is -0.0174. The number of sulfonamides is 1. The van der Waals surface area contributed by atoms with Crippen LogP contribution in [-0.2, 0) is 10.0 Å². The molecule has 3 aliphatic rings. The third-order valence-corrected chi connectivity index (χ3v) is 9.86. The van der Waals surface area contributed by atoms with E-state index in [0.717, 1.165) is 55.5 Å². The number of anilines is 1. The minimum Gasteiger partial charge on any atom is -0.473 e. The molecular formula is C30H36ClN5O4S. The molecule has 1 atom stereocenters. The van der Waals surface area contributed by atoms with Gasteiger partial charge in [-0.15, -0.1) is 12.4 Å². The molecule has 2 aliphatic heterocycles. The van der Waals surface area contributed by atoms with E-state index in [4.69, 9.17) is 4.74 Å². The predicted molar refractivity (Wildman–Crippen MR) is 160 cm³/mol. The van der Waals surface area contributed by atoms with Crippen LogP contribution < -0.4 is 14.8 Å². The van der Waals surface area contributed by atoms with E-state index in [1.54, 1.807) is 18.2 Å². The molecular weight excluding hydrogens is 562 g/mol. The number of piperidine rings is 1. The standard InChI is InChI=1S/C30H35N5O4S.ClH/c1-19-6-4-7-20(2)27(19)25-15-26-33-29(32-25)34-40(37,38)24-9-5-8-22(14-24)28(36)35(18-21(3)39-26)23-16-30(17-23)10-12-31-13-11-30;/h4-9,14-15,21,23,31H,10-13,16-18H2,1-3H3,(H,32,33,34);1H/t21-;/m1./s1. The number of carbonyl (C=O) groups excluding carboxylic acids is 1. The van der Waals surface area contributed by atoms with Gasteiger partial charge in [-0.3, -0.25) is 4.79 Å². The van der Waals surface area contributed by atoms with Crippen LogP contribution in [0.4, 0.5) is 5.95 Å². The number of amides is 1. The van der Waals surface area contributed by atoms with E-state index in [-0.39, 0.29) is 52.6 Å². The molecule has 1 saturated heterocycles. The van der Waals surface area contributed by atoms with Gasteiger partial charge in [0.1, 0.15) is 6.10 Å². The van der Waals surface area contributed by atoms with E-state index in [2.05, 4.69) is 20.0 Å². The summed E-state index contributed by atoms with van der Waals surface area (Å²) in [5.41, 5.74) is 4.08. The summed E-state index contributed by atoms with van der Waals surface area (Å²) < 4.78 is 35.7. The largest absolute Gasteiger partial charge is 0.473 e. The van der Waals surface area contributed by atoms with Crippen molar-refractivity contribution < 1.29 is 17.9 Å². The second-order valence-corrected chi connectivity index (χ2v) is 13.2. The van der Waals surface area contributed by atoms with Crippen molar-refractivity contribution in [3.05, 3.63) is 65.2 Å². The van der Waals surface area contributed by atoms with E-state index in [9.17, 15) is 13.2 Å². The first-order chi connectivity index (χ1) is 19.1. The Kier molecular flexibility index (Phi) is 8.02. The topological polar surface area (TPSA) is 114 Å². The van der Waals surface area contributed by atoms with Crippen molar-refractivity contribution >= 4 is 34.3 Å². The van der Waals surface area contributed by atoms with Crippen LogP contribution in [0.25, 0.3) is 11.3 Å². The Morgan fingerprint density at radius 2 is 1.68 bits per heavy atom. The van der Waals surface area contributed by atoms with Crippen molar-refractivity contribution in [1.29, 1.82) is 0 Å². The van der Waals surface area contributed by atoms with Crippen LogP contribution in [0.3, 0.4) is 0 Å². The van der Waals surface area contributed by atoms with Crippen LogP contribution in [0.15, 0.2) is 53.4 Å². The van der Waals surface area contributed by atoms with Crippen molar-refractivity contribution in [3.8, 4) is 17.1 Å². The van der Waals surface area contributed by atoms with Gasteiger partial charge in [0.2, 0.25) is 11.8 Å². The number of aromatic nitrogens is 2. The van der Waals surface area contributed by atoms with E-state index in [1.165, 1.54) is 12.1 Å². The number of ether oxygens (including phenoxy) is 1. The molecule has 0 unspecified atom stereocenters. The average molecular weight is 598 g/mol. The fourth-order valence-electron chi connectivity index (χ4n) is 6.46. The minimum absolute atomic E-state index is 0. The maximum absolute atomic E-state index is 13.9. The number of rotatable bonds is 2. The molecule has 4 bridgehead atoms. The van der Waals surface area contributed by atoms with Gasteiger partial charge >= 0.3 is 0 Å². The summed E-state index contributed by atoms with van der Waals surface area (Å²) in [6.07, 6.45) is 3.73. The van der Waals surface area contributed by atoms with E-state index in [0.29, 0.717) is 17.8 Å². The highest BCUT2D eigenvalue weighted by Crippen LogP contribution is 2.50. The summed E-state index contributed by atoms with van der Waals surface area (Å²) in [4.78, 5) is 24.7. The lowest BCUT2D eigenvalue weighted by Gasteiger charge is -2.54. The van der Waals surface area contributed by atoms with Crippen LogP contribution in [0.5, 0.6) is 5.88 Å². The number of hydrogen-bond acceptors (Lipinski definition) is 7. The third-order valence-electron chi connectivity index (χ3n) is 8.54. The number of nitrogens with zero attached hydrogens (tertiary/aromatic N) is 3. The van der Waals surface area contributed by atoms with Gasteiger partial charge in [0.25, 0.3) is 15.9 Å². The Balaban J connectivity index is 0.00000337. The summed E-state index contributed by atoms with van der Waals surface area (Å²) in [6.45, 7) is 8.27. The highest BCUT2D eigenvalue weighted by Gasteiger charge is 2.48. The van der Waals surface area contributed by atoms with Gasteiger partial charge in [-0.2, -0.15) is 4.98 Å². The summed E-state index contributed by atoms with van der Waals surface area (Å²) in [7, 11) is -4.07. The molecule has 218 valence electrons. The molecule has 2 aromatic carbocycles. The van der Waals surface area contributed by atoms with Crippen molar-refractivity contribution in [2.24, 2.45) is 5.41 Å². The first-order valence-corrected chi connectivity index (χ1v) is 15.4. The molecule has 1 saturated carbocycles. The molecule has 3 heterocycles. The highest BCUT2D eigenvalue weighted by atomic mass is 35.5. The van der Waals surface area contributed by atoms with Gasteiger partial charge in [0, 0.05) is 23.2 Å². The van der Waals surface area contributed by atoms with Gasteiger partial charge in [-0.1, -0.05) is 24.3 Å². The number of benzene rings is 2. The van der Waals surface area contributed by atoms with Gasteiger partial charge in [0.05, 0.1) is 17.1 Å². The van der Waals surface area contributed by atoms with Gasteiger partial charge in [0.15, 0.2) is 0 Å². The number of nitrogens with one attached hydrogen (secondary N) is 2. The summed E-state index contributed by atoms with van der Waals surface area (Å²) in [6, 6.07) is 14.0. The third kappa shape index (κ3) is 5.78. The number of aryl methyl sites for hydroxylation is 2. The van der Waals surface area contributed by atoms with E-state index in [1.807, 2.05) is 43.9 Å². The Morgan fingerprint density at radius 3 is 2.39 bits per heavy atom. The highest BCUT2D eigenvalue weighted by molar-refractivity contribution is 7.92. The lowest BCUT2D eigenvalue weighted by molar-refractivity contribution is -0.0226. The molecule has 2 N–H and O–H groups in total. The normalized spacial score (nSPS) is 21.7. The Bertz CT molecular complexity index is 1550. The van der Waals surface area contributed by atoms with E-state index >= 15 is 0 Å². The number of fused-ring (bicyclic) bond motifs is 4. The van der Waals surface area contributed by atoms with E-state index < -0.39 is 10.0 Å². The van der Waals surface area contributed by atoms with Crippen molar-refractivity contribution in [2.75, 3.05) is 24.4 Å².